The van der Waals surface area contributed by atoms with Crippen molar-refractivity contribution in [3.8, 4) is 0 Å². The summed E-state index contributed by atoms with van der Waals surface area (Å²) in [6.45, 7) is 6.52. The molecule has 2 bridgehead atoms. The minimum absolute atomic E-state index is 0.0288. The first kappa shape index (κ1) is 20.1. The van der Waals surface area contributed by atoms with Crippen LogP contribution in [0.4, 0.5) is 5.69 Å². The summed E-state index contributed by atoms with van der Waals surface area (Å²) in [7, 11) is 0. The quantitative estimate of drug-likeness (QED) is 0.505. The maximum Gasteiger partial charge on any atom is 0.193 e. The summed E-state index contributed by atoms with van der Waals surface area (Å²) < 4.78 is 0. The Hall–Kier alpha value is -2.20. The number of thiocarbonyl (C=S) groups is 1. The van der Waals surface area contributed by atoms with E-state index in [1.54, 1.807) is 0 Å². The SMILES string of the molecule is CC(C)(C)c1ccc(C(=O)c2cccc(NC(=S)N[C@H]3C[C@H]4CC[C@H]3C4)c2)cc1. The maximum atomic E-state index is 12.9. The number of fused-ring (bicyclic) bond motifs is 2. The van der Waals surface area contributed by atoms with Crippen molar-refractivity contribution in [3.05, 3.63) is 65.2 Å². The molecule has 2 fully saturated rings. The van der Waals surface area contributed by atoms with Crippen LogP contribution in [-0.4, -0.2) is 16.9 Å². The lowest BCUT2D eigenvalue weighted by Gasteiger charge is -2.24. The number of rotatable bonds is 4. The fourth-order valence-corrected chi connectivity index (χ4v) is 5.05. The van der Waals surface area contributed by atoms with Crippen LogP contribution in [0, 0.1) is 11.8 Å². The normalized spacial score (nSPS) is 23.1. The van der Waals surface area contributed by atoms with Crippen molar-refractivity contribution in [2.45, 2.75) is 57.9 Å². The molecule has 4 heteroatoms. The average Bonchev–Trinajstić information content (AvgIpc) is 3.30. The van der Waals surface area contributed by atoms with Gasteiger partial charge in [0.25, 0.3) is 0 Å². The minimum atomic E-state index is 0.0288. The van der Waals surface area contributed by atoms with Crippen LogP contribution in [0.3, 0.4) is 0 Å². The van der Waals surface area contributed by atoms with Crippen LogP contribution in [0.2, 0.25) is 0 Å². The van der Waals surface area contributed by atoms with E-state index in [9.17, 15) is 4.79 Å². The molecule has 3 nitrogen and oxygen atoms in total. The number of hydrogen-bond acceptors (Lipinski definition) is 2. The van der Waals surface area contributed by atoms with E-state index in [0.717, 1.165) is 17.5 Å². The highest BCUT2D eigenvalue weighted by atomic mass is 32.1. The van der Waals surface area contributed by atoms with E-state index in [1.165, 1.54) is 31.2 Å². The molecular formula is C25H30N2OS. The van der Waals surface area contributed by atoms with Gasteiger partial charge in [0.15, 0.2) is 10.9 Å². The summed E-state index contributed by atoms with van der Waals surface area (Å²) in [6, 6.07) is 16.0. The molecule has 2 aliphatic rings. The fourth-order valence-electron chi connectivity index (χ4n) is 4.78. The Morgan fingerprint density at radius 3 is 2.38 bits per heavy atom. The first-order valence-corrected chi connectivity index (χ1v) is 11.0. The molecule has 3 atom stereocenters. The Bertz CT molecular complexity index is 913. The zero-order valence-electron chi connectivity index (χ0n) is 17.5. The van der Waals surface area contributed by atoms with Crippen molar-refractivity contribution >= 4 is 28.8 Å². The third-order valence-corrected chi connectivity index (χ3v) is 6.67. The number of nitrogens with one attached hydrogen (secondary N) is 2. The predicted octanol–water partition coefficient (Wildman–Crippen LogP) is 5.69. The van der Waals surface area contributed by atoms with Crippen molar-refractivity contribution in [1.82, 2.24) is 5.32 Å². The van der Waals surface area contributed by atoms with E-state index in [-0.39, 0.29) is 11.2 Å². The Balaban J connectivity index is 1.41. The van der Waals surface area contributed by atoms with Gasteiger partial charge in [-0.1, -0.05) is 63.6 Å². The van der Waals surface area contributed by atoms with Gasteiger partial charge in [-0.3, -0.25) is 4.79 Å². The fraction of sp³-hybridized carbons (Fsp3) is 0.440. The molecule has 4 rings (SSSR count). The Kier molecular flexibility index (Phi) is 5.48. The summed E-state index contributed by atoms with van der Waals surface area (Å²) in [5, 5.41) is 7.42. The zero-order chi connectivity index (χ0) is 20.6. The van der Waals surface area contributed by atoms with Gasteiger partial charge in [0.1, 0.15) is 0 Å². The Labute approximate surface area is 179 Å². The number of carbonyl (C=O) groups is 1. The number of benzene rings is 2. The van der Waals surface area contributed by atoms with Gasteiger partial charge in [-0.05, 0) is 66.4 Å². The van der Waals surface area contributed by atoms with Gasteiger partial charge in [0, 0.05) is 22.9 Å². The van der Waals surface area contributed by atoms with Crippen LogP contribution in [0.1, 0.15) is 67.9 Å². The van der Waals surface area contributed by atoms with Crippen LogP contribution in [-0.2, 0) is 5.41 Å². The largest absolute Gasteiger partial charge is 0.359 e. The molecule has 0 amide bonds. The van der Waals surface area contributed by atoms with Crippen LogP contribution in [0.15, 0.2) is 48.5 Å². The third-order valence-electron chi connectivity index (χ3n) is 6.45. The number of anilines is 1. The predicted molar refractivity (Wildman–Crippen MR) is 124 cm³/mol. The first-order chi connectivity index (χ1) is 13.8. The van der Waals surface area contributed by atoms with Crippen molar-refractivity contribution in [2.24, 2.45) is 11.8 Å². The van der Waals surface area contributed by atoms with Gasteiger partial charge in [0.2, 0.25) is 0 Å². The topological polar surface area (TPSA) is 41.1 Å². The highest BCUT2D eigenvalue weighted by Gasteiger charge is 2.39. The molecule has 0 saturated heterocycles. The monoisotopic (exact) mass is 406 g/mol. The van der Waals surface area contributed by atoms with E-state index < -0.39 is 0 Å². The molecule has 2 saturated carbocycles. The average molecular weight is 407 g/mol. The summed E-state index contributed by atoms with van der Waals surface area (Å²) in [5.74, 6) is 1.68. The lowest BCUT2D eigenvalue weighted by atomic mass is 9.86. The van der Waals surface area contributed by atoms with E-state index in [4.69, 9.17) is 12.2 Å². The number of hydrogen-bond donors (Lipinski definition) is 2. The van der Waals surface area contributed by atoms with Gasteiger partial charge in [-0.15, -0.1) is 0 Å². The Morgan fingerprint density at radius 2 is 1.76 bits per heavy atom. The van der Waals surface area contributed by atoms with Crippen LogP contribution < -0.4 is 10.6 Å². The number of carbonyl (C=O) groups excluding carboxylic acids is 1. The molecule has 0 spiro atoms. The number of ketones is 1. The minimum Gasteiger partial charge on any atom is -0.359 e. The summed E-state index contributed by atoms with van der Waals surface area (Å²) >= 11 is 5.53. The molecule has 2 aromatic carbocycles. The summed E-state index contributed by atoms with van der Waals surface area (Å²) in [5.41, 5.74) is 3.52. The highest BCUT2D eigenvalue weighted by molar-refractivity contribution is 7.80. The second-order valence-electron chi connectivity index (χ2n) is 9.62. The highest BCUT2D eigenvalue weighted by Crippen LogP contribution is 2.44. The second-order valence-corrected chi connectivity index (χ2v) is 10.0. The molecule has 2 N–H and O–H groups in total. The van der Waals surface area contributed by atoms with Crippen LogP contribution in [0.25, 0.3) is 0 Å². The van der Waals surface area contributed by atoms with Crippen LogP contribution >= 0.6 is 12.2 Å². The van der Waals surface area contributed by atoms with E-state index >= 15 is 0 Å². The van der Waals surface area contributed by atoms with Crippen molar-refractivity contribution in [3.63, 3.8) is 0 Å². The van der Waals surface area contributed by atoms with E-state index in [2.05, 4.69) is 31.4 Å². The molecule has 0 aliphatic heterocycles. The molecule has 0 aromatic heterocycles. The molecule has 152 valence electrons. The van der Waals surface area contributed by atoms with Gasteiger partial charge in [-0.2, -0.15) is 0 Å². The smallest absolute Gasteiger partial charge is 0.193 e. The summed E-state index contributed by atoms with van der Waals surface area (Å²) in [4.78, 5) is 12.9. The second kappa shape index (κ2) is 7.91. The first-order valence-electron chi connectivity index (χ1n) is 10.6. The summed E-state index contributed by atoms with van der Waals surface area (Å²) in [6.07, 6.45) is 5.28. The Morgan fingerprint density at radius 1 is 1.00 bits per heavy atom. The molecule has 0 heterocycles. The molecule has 2 aliphatic carbocycles. The zero-order valence-corrected chi connectivity index (χ0v) is 18.3. The standard InChI is InChI=1S/C25H30N2OS/c1-25(2,3)20-11-9-17(10-12-20)23(28)19-5-4-6-21(15-19)26-24(29)27-22-14-16-7-8-18(22)13-16/h4-6,9-12,15-16,18,22H,7-8,13-14H2,1-3H3,(H2,26,27,29)/t16-,18-,22-/m0/s1. The lowest BCUT2D eigenvalue weighted by Crippen LogP contribution is -2.40. The van der Waals surface area contributed by atoms with Crippen molar-refractivity contribution < 1.29 is 4.79 Å². The van der Waals surface area contributed by atoms with Crippen LogP contribution in [0.5, 0.6) is 0 Å². The van der Waals surface area contributed by atoms with Gasteiger partial charge >= 0.3 is 0 Å². The molecule has 29 heavy (non-hydrogen) atoms. The van der Waals surface area contributed by atoms with Gasteiger partial charge in [-0.25, -0.2) is 0 Å². The lowest BCUT2D eigenvalue weighted by molar-refractivity contribution is 0.103. The van der Waals surface area contributed by atoms with Crippen molar-refractivity contribution in [1.29, 1.82) is 0 Å². The maximum absolute atomic E-state index is 12.9. The molecule has 2 aromatic rings. The molecule has 0 unspecified atom stereocenters. The molecule has 0 radical (unpaired) electrons. The van der Waals surface area contributed by atoms with Gasteiger partial charge in [0.05, 0.1) is 0 Å². The van der Waals surface area contributed by atoms with E-state index in [1.807, 2.05) is 48.5 Å². The third kappa shape index (κ3) is 4.53. The van der Waals surface area contributed by atoms with E-state index in [0.29, 0.717) is 22.3 Å². The van der Waals surface area contributed by atoms with Gasteiger partial charge < -0.3 is 10.6 Å². The molecular weight excluding hydrogens is 376 g/mol. The van der Waals surface area contributed by atoms with Crippen molar-refractivity contribution in [2.75, 3.05) is 5.32 Å².